The van der Waals surface area contributed by atoms with E-state index < -0.39 is 6.04 Å². The fourth-order valence-corrected chi connectivity index (χ4v) is 2.72. The third-order valence-corrected chi connectivity index (χ3v) is 4.10. The Labute approximate surface area is 163 Å². The van der Waals surface area contributed by atoms with Gasteiger partial charge in [0.2, 0.25) is 0 Å². The highest BCUT2D eigenvalue weighted by molar-refractivity contribution is 5.99. The van der Waals surface area contributed by atoms with E-state index in [2.05, 4.69) is 20.7 Å². The smallest absolute Gasteiger partial charge is 0.255 e. The van der Waals surface area contributed by atoms with Gasteiger partial charge in [-0.25, -0.2) is 4.98 Å². The third-order valence-electron chi connectivity index (χ3n) is 4.10. The van der Waals surface area contributed by atoms with E-state index in [1.165, 1.54) is 0 Å². The van der Waals surface area contributed by atoms with Crippen molar-refractivity contribution >= 4 is 17.4 Å². The van der Waals surface area contributed by atoms with Gasteiger partial charge in [0.05, 0.1) is 31.0 Å². The van der Waals surface area contributed by atoms with Crippen LogP contribution >= 0.6 is 0 Å². The molecule has 2 aromatic heterocycles. The monoisotopic (exact) mass is 381 g/mol. The summed E-state index contributed by atoms with van der Waals surface area (Å²) < 4.78 is 7.05. The average molecular weight is 381 g/mol. The number of anilines is 2. The van der Waals surface area contributed by atoms with Crippen molar-refractivity contribution in [2.75, 3.05) is 18.5 Å². The molecule has 1 atom stereocenters. The molecule has 3 aromatic rings. The van der Waals surface area contributed by atoms with Crippen molar-refractivity contribution in [3.8, 4) is 5.75 Å². The van der Waals surface area contributed by atoms with Crippen molar-refractivity contribution in [3.05, 3.63) is 66.1 Å². The maximum Gasteiger partial charge on any atom is 0.255 e. The predicted octanol–water partition coefficient (Wildman–Crippen LogP) is 2.42. The molecule has 0 bridgehead atoms. The third kappa shape index (κ3) is 4.66. The highest BCUT2D eigenvalue weighted by Gasteiger charge is 2.19. The molecule has 8 heteroatoms. The van der Waals surface area contributed by atoms with Crippen LogP contribution in [0.15, 0.2) is 55.0 Å². The van der Waals surface area contributed by atoms with Crippen LogP contribution in [-0.2, 0) is 7.05 Å². The Bertz CT molecular complexity index is 924. The van der Waals surface area contributed by atoms with Gasteiger partial charge >= 0.3 is 0 Å². The lowest BCUT2D eigenvalue weighted by Gasteiger charge is -2.16. The molecule has 1 aromatic carbocycles. The van der Waals surface area contributed by atoms with Gasteiger partial charge in [0.15, 0.2) is 0 Å². The van der Waals surface area contributed by atoms with Crippen molar-refractivity contribution < 1.29 is 14.6 Å². The quantitative estimate of drug-likeness (QED) is 0.554. The molecule has 1 amide bonds. The van der Waals surface area contributed by atoms with Gasteiger partial charge < -0.3 is 20.5 Å². The number of nitrogens with one attached hydrogen (secondary N) is 2. The van der Waals surface area contributed by atoms with Crippen LogP contribution in [0.1, 0.15) is 28.9 Å². The van der Waals surface area contributed by atoms with E-state index in [4.69, 9.17) is 4.74 Å². The van der Waals surface area contributed by atoms with Crippen molar-refractivity contribution in [2.45, 2.75) is 13.0 Å². The lowest BCUT2D eigenvalue weighted by atomic mass is 10.1. The molecule has 2 heterocycles. The average Bonchev–Trinajstić information content (AvgIpc) is 3.14. The number of aliphatic hydroxyl groups is 1. The highest BCUT2D eigenvalue weighted by atomic mass is 16.5. The zero-order valence-electron chi connectivity index (χ0n) is 15.8. The SMILES string of the molecule is CCOc1ccc(Nc2ncccc2C(=O)NC(CO)c2cnn(C)c2)cc1. The summed E-state index contributed by atoms with van der Waals surface area (Å²) in [7, 11) is 1.78. The number of benzene rings is 1. The zero-order valence-corrected chi connectivity index (χ0v) is 15.8. The van der Waals surface area contributed by atoms with Crippen LogP contribution < -0.4 is 15.4 Å². The first-order valence-electron chi connectivity index (χ1n) is 8.96. The molecule has 0 spiro atoms. The summed E-state index contributed by atoms with van der Waals surface area (Å²) >= 11 is 0. The summed E-state index contributed by atoms with van der Waals surface area (Å²) in [6.07, 6.45) is 4.98. The standard InChI is InChI=1S/C20H23N5O3/c1-3-28-16-8-6-15(7-9-16)23-19-17(5-4-10-21-19)20(27)24-18(13-26)14-11-22-25(2)12-14/h4-12,18,26H,3,13H2,1-2H3,(H,21,23)(H,24,27). The second-order valence-electron chi connectivity index (χ2n) is 6.14. The number of hydrogen-bond acceptors (Lipinski definition) is 6. The Morgan fingerprint density at radius 2 is 2.07 bits per heavy atom. The molecule has 0 aliphatic heterocycles. The summed E-state index contributed by atoms with van der Waals surface area (Å²) in [5.74, 6) is 0.853. The summed E-state index contributed by atoms with van der Waals surface area (Å²) in [4.78, 5) is 17.1. The van der Waals surface area contributed by atoms with E-state index in [-0.39, 0.29) is 12.5 Å². The van der Waals surface area contributed by atoms with Crippen LogP contribution in [0.3, 0.4) is 0 Å². The maximum atomic E-state index is 12.8. The first-order valence-corrected chi connectivity index (χ1v) is 8.96. The molecule has 0 fully saturated rings. The van der Waals surface area contributed by atoms with E-state index in [9.17, 15) is 9.90 Å². The van der Waals surface area contributed by atoms with Gasteiger partial charge in [0.25, 0.3) is 5.91 Å². The minimum absolute atomic E-state index is 0.237. The van der Waals surface area contributed by atoms with Gasteiger partial charge in [-0.1, -0.05) is 0 Å². The van der Waals surface area contributed by atoms with Gasteiger partial charge in [0, 0.05) is 30.7 Å². The van der Waals surface area contributed by atoms with Crippen LogP contribution in [0.4, 0.5) is 11.5 Å². The van der Waals surface area contributed by atoms with Gasteiger partial charge in [0.1, 0.15) is 11.6 Å². The summed E-state index contributed by atoms with van der Waals surface area (Å²) in [6, 6.07) is 10.2. The molecule has 0 saturated carbocycles. The maximum absolute atomic E-state index is 12.8. The van der Waals surface area contributed by atoms with Crippen molar-refractivity contribution in [1.29, 1.82) is 0 Å². The summed E-state index contributed by atoms with van der Waals surface area (Å²) in [5, 5.41) is 19.7. The number of nitrogens with zero attached hydrogens (tertiary/aromatic N) is 3. The molecule has 1 unspecified atom stereocenters. The number of ether oxygens (including phenoxy) is 1. The molecule has 146 valence electrons. The number of pyridine rings is 1. The number of aliphatic hydroxyl groups excluding tert-OH is 1. The lowest BCUT2D eigenvalue weighted by Crippen LogP contribution is -2.31. The fraction of sp³-hybridized carbons (Fsp3) is 0.250. The molecule has 28 heavy (non-hydrogen) atoms. The Kier molecular flexibility index (Phi) is 6.23. The molecule has 3 N–H and O–H groups in total. The van der Waals surface area contributed by atoms with Crippen LogP contribution in [0.25, 0.3) is 0 Å². The number of rotatable bonds is 8. The normalized spacial score (nSPS) is 11.7. The van der Waals surface area contributed by atoms with E-state index in [1.54, 1.807) is 42.5 Å². The number of carbonyl (C=O) groups excluding carboxylic acids is 1. The van der Waals surface area contributed by atoms with Crippen molar-refractivity contribution in [3.63, 3.8) is 0 Å². The minimum Gasteiger partial charge on any atom is -0.494 e. The number of aromatic nitrogens is 3. The molecular weight excluding hydrogens is 358 g/mol. The predicted molar refractivity (Wildman–Crippen MR) is 106 cm³/mol. The second-order valence-corrected chi connectivity index (χ2v) is 6.14. The van der Waals surface area contributed by atoms with Crippen molar-refractivity contribution in [2.24, 2.45) is 7.05 Å². The van der Waals surface area contributed by atoms with E-state index in [0.717, 1.165) is 17.0 Å². The van der Waals surface area contributed by atoms with Crippen LogP contribution in [0.5, 0.6) is 5.75 Å². The lowest BCUT2D eigenvalue weighted by molar-refractivity contribution is 0.0916. The van der Waals surface area contributed by atoms with Gasteiger partial charge in [-0.05, 0) is 43.3 Å². The van der Waals surface area contributed by atoms with E-state index in [1.807, 2.05) is 31.2 Å². The summed E-state index contributed by atoms with van der Waals surface area (Å²) in [6.45, 7) is 2.29. The number of aryl methyl sites for hydroxylation is 1. The minimum atomic E-state index is -0.556. The molecule has 0 saturated heterocycles. The van der Waals surface area contributed by atoms with E-state index in [0.29, 0.717) is 18.0 Å². The molecule has 0 aliphatic rings. The summed E-state index contributed by atoms with van der Waals surface area (Å²) in [5.41, 5.74) is 1.88. The van der Waals surface area contributed by atoms with Crippen LogP contribution in [0, 0.1) is 0 Å². The first kappa shape index (κ1) is 19.4. The first-order chi connectivity index (χ1) is 13.6. The topological polar surface area (TPSA) is 101 Å². The fourth-order valence-electron chi connectivity index (χ4n) is 2.72. The molecule has 0 aliphatic carbocycles. The second kappa shape index (κ2) is 9.01. The largest absolute Gasteiger partial charge is 0.494 e. The number of carbonyl (C=O) groups is 1. The van der Waals surface area contributed by atoms with Crippen molar-refractivity contribution in [1.82, 2.24) is 20.1 Å². The van der Waals surface area contributed by atoms with Crippen LogP contribution in [0.2, 0.25) is 0 Å². The van der Waals surface area contributed by atoms with Gasteiger partial charge in [-0.3, -0.25) is 9.48 Å². The Hall–Kier alpha value is -3.39. The molecule has 3 rings (SSSR count). The zero-order chi connectivity index (χ0) is 19.9. The molecule has 8 nitrogen and oxygen atoms in total. The molecular formula is C20H23N5O3. The Morgan fingerprint density at radius 3 is 2.71 bits per heavy atom. The van der Waals surface area contributed by atoms with Gasteiger partial charge in [-0.15, -0.1) is 0 Å². The van der Waals surface area contributed by atoms with Crippen LogP contribution in [-0.4, -0.2) is 39.0 Å². The van der Waals surface area contributed by atoms with E-state index >= 15 is 0 Å². The number of hydrogen-bond donors (Lipinski definition) is 3. The highest BCUT2D eigenvalue weighted by Crippen LogP contribution is 2.22. The number of amides is 1. The molecule has 0 radical (unpaired) electrons. The Morgan fingerprint density at radius 1 is 1.29 bits per heavy atom. The Balaban J connectivity index is 1.76. The van der Waals surface area contributed by atoms with Gasteiger partial charge in [-0.2, -0.15) is 5.10 Å².